The van der Waals surface area contributed by atoms with Crippen molar-refractivity contribution >= 4 is 17.9 Å². The molecule has 0 aromatic heterocycles. The molecule has 0 aliphatic carbocycles. The highest BCUT2D eigenvalue weighted by Gasteiger charge is 2.48. The number of rotatable bonds is 11. The lowest BCUT2D eigenvalue weighted by atomic mass is 9.74. The van der Waals surface area contributed by atoms with E-state index in [2.05, 4.69) is 0 Å². The van der Waals surface area contributed by atoms with Crippen molar-refractivity contribution in [2.24, 2.45) is 17.8 Å². The molecule has 8 heteroatoms. The normalized spacial score (nSPS) is 25.9. The maximum Gasteiger partial charge on any atom is 0.303 e. The van der Waals surface area contributed by atoms with E-state index in [-0.39, 0.29) is 32.0 Å². The Kier molecular flexibility index (Phi) is 9.45. The Morgan fingerprint density at radius 2 is 1.61 bits per heavy atom. The number of esters is 1. The summed E-state index contributed by atoms with van der Waals surface area (Å²) in [5.41, 5.74) is 0.927. The minimum absolute atomic E-state index is 0.122. The molecule has 5 atom stereocenters. The monoisotopic (exact) mass is 436 g/mol. The number of carbonyl (C=O) groups excluding carboxylic acids is 1. The zero-order chi connectivity index (χ0) is 23.0. The zero-order valence-corrected chi connectivity index (χ0v) is 18.2. The predicted octanol–water partition coefficient (Wildman–Crippen LogP) is 3.13. The number of benzene rings is 1. The lowest BCUT2D eigenvalue weighted by molar-refractivity contribution is -0.218. The maximum atomic E-state index is 11.7. The minimum Gasteiger partial charge on any atom is -0.481 e. The third-order valence-corrected chi connectivity index (χ3v) is 5.43. The third kappa shape index (κ3) is 7.95. The summed E-state index contributed by atoms with van der Waals surface area (Å²) >= 11 is 0. The Bertz CT molecular complexity index is 732. The van der Waals surface area contributed by atoms with E-state index >= 15 is 0 Å². The average Bonchev–Trinajstić information content (AvgIpc) is 2.67. The van der Waals surface area contributed by atoms with Crippen LogP contribution in [-0.4, -0.2) is 53.0 Å². The van der Waals surface area contributed by atoms with Crippen molar-refractivity contribution in [3.8, 4) is 0 Å². The molecule has 31 heavy (non-hydrogen) atoms. The van der Waals surface area contributed by atoms with Crippen molar-refractivity contribution in [3.63, 3.8) is 0 Å². The molecule has 0 bridgehead atoms. The van der Waals surface area contributed by atoms with Gasteiger partial charge >= 0.3 is 17.9 Å². The first-order valence-electron chi connectivity index (χ1n) is 10.5. The van der Waals surface area contributed by atoms with Gasteiger partial charge in [0.1, 0.15) is 6.61 Å². The summed E-state index contributed by atoms with van der Waals surface area (Å²) in [5, 5.41) is 19.0. The SMILES string of the molecule is CC(=O)OC[C@@H]1O[C@H](CC(C)C)[C@@H](OCc2ccccc2)[C@H](CC(=O)O)[C@@H]1CC(=O)O. The van der Waals surface area contributed by atoms with Crippen molar-refractivity contribution in [2.45, 2.75) is 65.0 Å². The highest BCUT2D eigenvalue weighted by atomic mass is 16.6. The molecular weight excluding hydrogens is 404 g/mol. The number of ether oxygens (including phenoxy) is 3. The summed E-state index contributed by atoms with van der Waals surface area (Å²) < 4.78 is 17.5. The fourth-order valence-corrected chi connectivity index (χ4v) is 4.17. The van der Waals surface area contributed by atoms with Gasteiger partial charge in [-0.05, 0) is 17.9 Å². The van der Waals surface area contributed by atoms with Crippen molar-refractivity contribution in [3.05, 3.63) is 35.9 Å². The highest BCUT2D eigenvalue weighted by Crippen LogP contribution is 2.40. The van der Waals surface area contributed by atoms with Crippen molar-refractivity contribution < 1.29 is 38.8 Å². The first-order valence-corrected chi connectivity index (χ1v) is 10.5. The van der Waals surface area contributed by atoms with Gasteiger partial charge in [0.25, 0.3) is 0 Å². The summed E-state index contributed by atoms with van der Waals surface area (Å²) in [6.07, 6.45) is -1.72. The summed E-state index contributed by atoms with van der Waals surface area (Å²) in [5.74, 6) is -3.64. The van der Waals surface area contributed by atoms with E-state index in [9.17, 15) is 24.6 Å². The third-order valence-electron chi connectivity index (χ3n) is 5.43. The Balaban J connectivity index is 2.35. The smallest absolute Gasteiger partial charge is 0.303 e. The standard InChI is InChI=1S/C23H32O8/c1-14(2)9-19-23(30-12-16-7-5-4-6-8-16)18(11-22(27)28)17(10-21(25)26)20(31-19)13-29-15(3)24/h4-8,14,17-20,23H,9-13H2,1-3H3,(H,25,26)(H,27,28)/t17-,18+,19+,20-,23-/m0/s1. The lowest BCUT2D eigenvalue weighted by Crippen LogP contribution is -2.55. The van der Waals surface area contributed by atoms with Gasteiger partial charge < -0.3 is 24.4 Å². The number of carboxylic acids is 2. The van der Waals surface area contributed by atoms with Gasteiger partial charge in [-0.15, -0.1) is 0 Å². The van der Waals surface area contributed by atoms with E-state index in [1.165, 1.54) is 6.92 Å². The topological polar surface area (TPSA) is 119 Å². The maximum absolute atomic E-state index is 11.7. The summed E-state index contributed by atoms with van der Waals surface area (Å²) in [7, 11) is 0. The van der Waals surface area contributed by atoms with Gasteiger partial charge in [-0.25, -0.2) is 0 Å². The largest absolute Gasteiger partial charge is 0.481 e. The Morgan fingerprint density at radius 3 is 2.16 bits per heavy atom. The van der Waals surface area contributed by atoms with Gasteiger partial charge in [-0.3, -0.25) is 14.4 Å². The lowest BCUT2D eigenvalue weighted by Gasteiger charge is -2.46. The van der Waals surface area contributed by atoms with Crippen molar-refractivity contribution in [1.29, 1.82) is 0 Å². The van der Waals surface area contributed by atoms with Crippen LogP contribution in [0.5, 0.6) is 0 Å². The second-order valence-electron chi connectivity index (χ2n) is 8.43. The number of aliphatic carboxylic acids is 2. The molecule has 1 heterocycles. The molecule has 0 saturated carbocycles. The van der Waals surface area contributed by atoms with Crippen LogP contribution in [0.3, 0.4) is 0 Å². The summed E-state index contributed by atoms with van der Waals surface area (Å²) in [6, 6.07) is 9.49. The van der Waals surface area contributed by atoms with Crippen LogP contribution in [-0.2, 0) is 35.2 Å². The number of carboxylic acid groups (broad SMARTS) is 2. The number of hydrogen-bond donors (Lipinski definition) is 2. The van der Waals surface area contributed by atoms with Crippen LogP contribution < -0.4 is 0 Å². The van der Waals surface area contributed by atoms with Crippen LogP contribution in [0, 0.1) is 17.8 Å². The Morgan fingerprint density at radius 1 is 1.00 bits per heavy atom. The van der Waals surface area contributed by atoms with Crippen molar-refractivity contribution in [2.75, 3.05) is 6.61 Å². The minimum atomic E-state index is -1.07. The fraction of sp³-hybridized carbons (Fsp3) is 0.609. The van der Waals surface area contributed by atoms with Crippen LogP contribution in [0.15, 0.2) is 30.3 Å². The first-order chi connectivity index (χ1) is 14.7. The molecule has 1 aromatic carbocycles. The molecular formula is C23H32O8. The fourth-order valence-electron chi connectivity index (χ4n) is 4.17. The van der Waals surface area contributed by atoms with Gasteiger partial charge in [0.15, 0.2) is 0 Å². The molecule has 2 rings (SSSR count). The molecule has 1 fully saturated rings. The average molecular weight is 437 g/mol. The van der Waals surface area contributed by atoms with E-state index in [1.807, 2.05) is 44.2 Å². The molecule has 0 unspecified atom stereocenters. The first kappa shape index (κ1) is 24.8. The van der Waals surface area contributed by atoms with E-state index in [4.69, 9.17) is 14.2 Å². The Hall–Kier alpha value is -2.45. The van der Waals surface area contributed by atoms with Crippen LogP contribution in [0.2, 0.25) is 0 Å². The molecule has 1 aromatic rings. The molecule has 8 nitrogen and oxygen atoms in total. The Labute approximate surface area is 182 Å². The quantitative estimate of drug-likeness (QED) is 0.508. The van der Waals surface area contributed by atoms with Gasteiger partial charge in [0.05, 0.1) is 37.8 Å². The van der Waals surface area contributed by atoms with Crippen LogP contribution in [0.25, 0.3) is 0 Å². The predicted molar refractivity (Wildman–Crippen MR) is 111 cm³/mol. The second kappa shape index (κ2) is 11.8. The molecule has 172 valence electrons. The number of hydrogen-bond acceptors (Lipinski definition) is 6. The van der Waals surface area contributed by atoms with E-state index in [0.717, 1.165) is 5.56 Å². The van der Waals surface area contributed by atoms with Gasteiger partial charge in [0, 0.05) is 18.8 Å². The van der Waals surface area contributed by atoms with E-state index in [0.29, 0.717) is 6.42 Å². The zero-order valence-electron chi connectivity index (χ0n) is 18.2. The van der Waals surface area contributed by atoms with Crippen LogP contribution in [0.4, 0.5) is 0 Å². The molecule has 1 aliphatic rings. The molecule has 0 amide bonds. The van der Waals surface area contributed by atoms with Crippen LogP contribution in [0.1, 0.15) is 45.6 Å². The molecule has 0 spiro atoms. The number of carbonyl (C=O) groups is 3. The van der Waals surface area contributed by atoms with Gasteiger partial charge in [-0.2, -0.15) is 0 Å². The van der Waals surface area contributed by atoms with Crippen molar-refractivity contribution in [1.82, 2.24) is 0 Å². The molecule has 2 N–H and O–H groups in total. The molecule has 1 saturated heterocycles. The summed E-state index contributed by atoms with van der Waals surface area (Å²) in [6.45, 7) is 5.45. The molecule has 1 aliphatic heterocycles. The second-order valence-corrected chi connectivity index (χ2v) is 8.43. The highest BCUT2D eigenvalue weighted by molar-refractivity contribution is 5.69. The van der Waals surface area contributed by atoms with E-state index < -0.39 is 48.1 Å². The molecule has 0 radical (unpaired) electrons. The van der Waals surface area contributed by atoms with Gasteiger partial charge in [-0.1, -0.05) is 44.2 Å². The van der Waals surface area contributed by atoms with Crippen LogP contribution >= 0.6 is 0 Å². The summed E-state index contributed by atoms with van der Waals surface area (Å²) in [4.78, 5) is 34.6. The van der Waals surface area contributed by atoms with E-state index in [1.54, 1.807) is 0 Å². The van der Waals surface area contributed by atoms with Gasteiger partial charge in [0.2, 0.25) is 0 Å².